The smallest absolute Gasteiger partial charge is 0.545 e. The van der Waals surface area contributed by atoms with Crippen LogP contribution in [0.4, 0.5) is 17.6 Å². The van der Waals surface area contributed by atoms with Crippen molar-refractivity contribution >= 4 is 5.97 Å². The van der Waals surface area contributed by atoms with Crippen LogP contribution in [-0.2, 0) is 6.18 Å². The second kappa shape index (κ2) is 4.96. The molecular weight excluding hydrogens is 227 g/mol. The van der Waals surface area contributed by atoms with Crippen LogP contribution < -0.4 is 34.7 Å². The summed E-state index contributed by atoms with van der Waals surface area (Å²) in [5, 5.41) is 10.2. The normalized spacial score (nSPS) is 10.7. The minimum absolute atomic E-state index is 0. The van der Waals surface area contributed by atoms with Crippen molar-refractivity contribution in [2.75, 3.05) is 0 Å². The Kier molecular flexibility index (Phi) is 4.76. The van der Waals surface area contributed by atoms with Gasteiger partial charge in [-0.25, -0.2) is 4.39 Å². The van der Waals surface area contributed by atoms with Gasteiger partial charge in [0.05, 0.1) is 11.5 Å². The van der Waals surface area contributed by atoms with Gasteiger partial charge < -0.3 is 9.90 Å². The van der Waals surface area contributed by atoms with E-state index in [0.717, 1.165) is 6.07 Å². The van der Waals surface area contributed by atoms with Gasteiger partial charge in [0.2, 0.25) is 0 Å². The predicted molar refractivity (Wildman–Crippen MR) is 35.7 cm³/mol. The molecule has 0 aromatic heterocycles. The summed E-state index contributed by atoms with van der Waals surface area (Å²) in [6.07, 6.45) is -4.91. The molecule has 2 nitrogen and oxygen atoms in total. The summed E-state index contributed by atoms with van der Waals surface area (Å²) >= 11 is 0. The third-order valence-electron chi connectivity index (χ3n) is 1.52. The number of halogens is 4. The quantitative estimate of drug-likeness (QED) is 0.422. The molecule has 0 saturated heterocycles. The Morgan fingerprint density at radius 2 is 1.80 bits per heavy atom. The van der Waals surface area contributed by atoms with Crippen LogP contribution in [0.3, 0.4) is 0 Å². The van der Waals surface area contributed by atoms with Crippen LogP contribution in [0.2, 0.25) is 0 Å². The van der Waals surface area contributed by atoms with Gasteiger partial charge in [-0.15, -0.1) is 0 Å². The van der Waals surface area contributed by atoms with E-state index in [9.17, 15) is 27.5 Å². The zero-order valence-electron chi connectivity index (χ0n) is 7.56. The third kappa shape index (κ3) is 3.19. The molecule has 76 valence electrons. The molecule has 1 rings (SSSR count). The molecule has 0 heterocycles. The summed E-state index contributed by atoms with van der Waals surface area (Å²) in [7, 11) is 0. The predicted octanol–water partition coefficient (Wildman–Crippen LogP) is -1.79. The van der Waals surface area contributed by atoms with E-state index in [1.807, 2.05) is 0 Å². The molecule has 0 fully saturated rings. The van der Waals surface area contributed by atoms with E-state index >= 15 is 0 Å². The molecule has 0 atom stereocenters. The van der Waals surface area contributed by atoms with Gasteiger partial charge in [0.15, 0.2) is 0 Å². The van der Waals surface area contributed by atoms with Crippen LogP contribution in [0.5, 0.6) is 0 Å². The Hall–Kier alpha value is -0.590. The van der Waals surface area contributed by atoms with E-state index < -0.39 is 29.1 Å². The summed E-state index contributed by atoms with van der Waals surface area (Å²) < 4.78 is 49.1. The SMILES string of the molecule is O=C([O-])c1c(F)cccc1C(F)(F)F.[Na+]. The summed E-state index contributed by atoms with van der Waals surface area (Å²) in [5.41, 5.74) is -3.00. The van der Waals surface area contributed by atoms with Gasteiger partial charge >= 0.3 is 35.7 Å². The summed E-state index contributed by atoms with van der Waals surface area (Å²) in [5.74, 6) is -3.64. The average Bonchev–Trinajstić information content (AvgIpc) is 2.01. The number of carboxylic acids is 1. The fourth-order valence-corrected chi connectivity index (χ4v) is 0.968. The van der Waals surface area contributed by atoms with Gasteiger partial charge in [-0.05, 0) is 12.1 Å². The monoisotopic (exact) mass is 230 g/mol. The second-order valence-electron chi connectivity index (χ2n) is 2.45. The average molecular weight is 230 g/mol. The Bertz CT molecular complexity index is 375. The molecule has 0 aliphatic carbocycles. The first-order valence-corrected chi connectivity index (χ1v) is 3.41. The van der Waals surface area contributed by atoms with Gasteiger partial charge in [0.1, 0.15) is 5.82 Å². The number of rotatable bonds is 1. The number of hydrogen-bond acceptors (Lipinski definition) is 2. The minimum atomic E-state index is -4.91. The van der Waals surface area contributed by atoms with Crippen LogP contribution in [0.1, 0.15) is 15.9 Å². The van der Waals surface area contributed by atoms with Crippen LogP contribution >= 0.6 is 0 Å². The fourth-order valence-electron chi connectivity index (χ4n) is 0.968. The van der Waals surface area contributed by atoms with E-state index in [-0.39, 0.29) is 29.6 Å². The van der Waals surface area contributed by atoms with Crippen molar-refractivity contribution in [3.05, 3.63) is 35.1 Å². The summed E-state index contributed by atoms with van der Waals surface area (Å²) in [6.45, 7) is 0. The van der Waals surface area contributed by atoms with Gasteiger partial charge in [-0.3, -0.25) is 0 Å². The molecular formula is C8H3F4NaO2. The zero-order chi connectivity index (χ0) is 10.9. The molecule has 0 radical (unpaired) electrons. The molecule has 0 aliphatic heterocycles. The number of aromatic carboxylic acids is 1. The maximum atomic E-state index is 12.7. The number of alkyl halides is 3. The molecule has 7 heteroatoms. The zero-order valence-corrected chi connectivity index (χ0v) is 9.56. The van der Waals surface area contributed by atoms with E-state index in [1.165, 1.54) is 0 Å². The molecule has 1 aromatic carbocycles. The molecule has 0 spiro atoms. The van der Waals surface area contributed by atoms with Crippen molar-refractivity contribution in [3.63, 3.8) is 0 Å². The van der Waals surface area contributed by atoms with Crippen molar-refractivity contribution in [1.29, 1.82) is 0 Å². The van der Waals surface area contributed by atoms with Gasteiger partial charge in [-0.2, -0.15) is 13.2 Å². The number of hydrogen-bond donors (Lipinski definition) is 0. The van der Waals surface area contributed by atoms with Crippen molar-refractivity contribution in [1.82, 2.24) is 0 Å². The Labute approximate surface area is 104 Å². The first-order chi connectivity index (χ1) is 6.34. The maximum Gasteiger partial charge on any atom is 1.00 e. The van der Waals surface area contributed by atoms with Crippen LogP contribution in [0.15, 0.2) is 18.2 Å². The summed E-state index contributed by atoms with van der Waals surface area (Å²) in [6, 6.07) is 1.89. The van der Waals surface area contributed by atoms with Crippen molar-refractivity contribution < 1.29 is 57.0 Å². The van der Waals surface area contributed by atoms with E-state index in [0.29, 0.717) is 12.1 Å². The molecule has 0 aliphatic rings. The Morgan fingerprint density at radius 1 is 1.27 bits per heavy atom. The first kappa shape index (κ1) is 14.4. The second-order valence-corrected chi connectivity index (χ2v) is 2.45. The number of benzene rings is 1. The van der Waals surface area contributed by atoms with E-state index in [2.05, 4.69) is 0 Å². The Morgan fingerprint density at radius 3 is 2.13 bits per heavy atom. The fraction of sp³-hybridized carbons (Fsp3) is 0.125. The van der Waals surface area contributed by atoms with Crippen molar-refractivity contribution in [2.45, 2.75) is 6.18 Å². The van der Waals surface area contributed by atoms with Crippen LogP contribution in [0, 0.1) is 5.82 Å². The molecule has 0 bridgehead atoms. The number of carbonyl (C=O) groups is 1. The number of carboxylic acid groups (broad SMARTS) is 1. The first-order valence-electron chi connectivity index (χ1n) is 3.41. The number of carbonyl (C=O) groups excluding carboxylic acids is 1. The topological polar surface area (TPSA) is 40.1 Å². The van der Waals surface area contributed by atoms with Gasteiger partial charge in [0.25, 0.3) is 0 Å². The van der Waals surface area contributed by atoms with Gasteiger partial charge in [-0.1, -0.05) is 6.07 Å². The maximum absolute atomic E-state index is 12.7. The molecule has 15 heavy (non-hydrogen) atoms. The van der Waals surface area contributed by atoms with Gasteiger partial charge in [0, 0.05) is 5.56 Å². The molecule has 0 saturated carbocycles. The standard InChI is InChI=1S/C8H4F4O2.Na/c9-5-3-1-2-4(8(10,11)12)6(5)7(13)14;/h1-3H,(H,13,14);/q;+1/p-1. The molecule has 0 unspecified atom stereocenters. The van der Waals surface area contributed by atoms with Crippen LogP contribution in [-0.4, -0.2) is 5.97 Å². The molecule has 1 aromatic rings. The largest absolute Gasteiger partial charge is 1.00 e. The van der Waals surface area contributed by atoms with Crippen molar-refractivity contribution in [2.24, 2.45) is 0 Å². The molecule has 0 amide bonds. The van der Waals surface area contributed by atoms with E-state index in [4.69, 9.17) is 0 Å². The van der Waals surface area contributed by atoms with E-state index in [1.54, 1.807) is 0 Å². The third-order valence-corrected chi connectivity index (χ3v) is 1.52. The summed E-state index contributed by atoms with van der Waals surface area (Å²) in [4.78, 5) is 10.2. The Balaban J connectivity index is 0.00000196. The molecule has 0 N–H and O–H groups in total. The van der Waals surface area contributed by atoms with Crippen molar-refractivity contribution in [3.8, 4) is 0 Å². The minimum Gasteiger partial charge on any atom is -0.545 e. The van der Waals surface area contributed by atoms with Crippen LogP contribution in [0.25, 0.3) is 0 Å².